The van der Waals surface area contributed by atoms with E-state index in [1.165, 1.54) is 37.7 Å². The molecule has 0 saturated heterocycles. The lowest BCUT2D eigenvalue weighted by Gasteiger charge is -2.24. The maximum absolute atomic E-state index is 2.36. The van der Waals surface area contributed by atoms with Crippen LogP contribution in [-0.2, 0) is 0 Å². The molecule has 1 aliphatic rings. The Hall–Kier alpha value is -0.780. The van der Waals surface area contributed by atoms with Crippen molar-refractivity contribution in [2.45, 2.75) is 32.1 Å². The summed E-state index contributed by atoms with van der Waals surface area (Å²) in [6.45, 7) is 0. The summed E-state index contributed by atoms with van der Waals surface area (Å²) in [5, 5.41) is 0. The normalized spacial score (nSPS) is 16.9. The van der Waals surface area contributed by atoms with E-state index in [2.05, 4.69) is 36.8 Å². The fourth-order valence-electron chi connectivity index (χ4n) is 1.86. The fraction of sp³-hybridized carbons (Fsp3) is 0.462. The first-order valence-electron chi connectivity index (χ1n) is 5.33. The smallest absolute Gasteiger partial charge is 0.00930 e. The van der Waals surface area contributed by atoms with E-state index in [0.29, 0.717) is 0 Å². The maximum Gasteiger partial charge on any atom is -0.00930 e. The quantitative estimate of drug-likeness (QED) is 0.649. The Morgan fingerprint density at radius 3 is 2.54 bits per heavy atom. The Morgan fingerprint density at radius 1 is 1.15 bits per heavy atom. The van der Waals surface area contributed by atoms with Crippen LogP contribution in [0.15, 0.2) is 30.3 Å². The summed E-state index contributed by atoms with van der Waals surface area (Å²) in [6, 6.07) is 10.6. The molecule has 2 rings (SSSR count). The monoisotopic (exact) mass is 173 g/mol. The van der Waals surface area contributed by atoms with E-state index in [9.17, 15) is 0 Å². The van der Waals surface area contributed by atoms with E-state index >= 15 is 0 Å². The first-order chi connectivity index (χ1) is 6.45. The summed E-state index contributed by atoms with van der Waals surface area (Å²) in [5.41, 5.74) is 1.38. The Kier molecular flexibility index (Phi) is 3.02. The van der Waals surface area contributed by atoms with Crippen molar-refractivity contribution in [2.75, 3.05) is 0 Å². The Labute approximate surface area is 81.0 Å². The van der Waals surface area contributed by atoms with Crippen LogP contribution in [0.5, 0.6) is 0 Å². The molecule has 0 heterocycles. The lowest BCUT2D eigenvalue weighted by Crippen LogP contribution is -2.10. The first-order valence-corrected chi connectivity index (χ1v) is 5.33. The van der Waals surface area contributed by atoms with Crippen LogP contribution in [0.1, 0.15) is 37.7 Å². The molecule has 0 aliphatic heterocycles. The van der Waals surface area contributed by atoms with Gasteiger partial charge < -0.3 is 0 Å². The summed E-state index contributed by atoms with van der Waals surface area (Å²) in [5.74, 6) is 1.04. The van der Waals surface area contributed by atoms with Gasteiger partial charge in [-0.2, -0.15) is 0 Å². The third-order valence-corrected chi connectivity index (χ3v) is 2.98. The van der Waals surface area contributed by atoms with Gasteiger partial charge in [0.2, 0.25) is 0 Å². The van der Waals surface area contributed by atoms with Gasteiger partial charge in [-0.05, 0) is 30.7 Å². The molecule has 1 aliphatic carbocycles. The highest BCUT2D eigenvalue weighted by Gasteiger charge is 2.16. The Morgan fingerprint density at radius 2 is 1.92 bits per heavy atom. The summed E-state index contributed by atoms with van der Waals surface area (Å²) in [7, 11) is 0. The molecular weight excluding hydrogens is 156 g/mol. The molecule has 1 saturated carbocycles. The average molecular weight is 173 g/mol. The predicted octanol–water partition coefficient (Wildman–Crippen LogP) is 3.82. The molecule has 0 aromatic heterocycles. The zero-order chi connectivity index (χ0) is 8.93. The molecule has 1 aromatic rings. The third-order valence-electron chi connectivity index (χ3n) is 2.98. The predicted molar refractivity (Wildman–Crippen MR) is 56.4 cm³/mol. The highest BCUT2D eigenvalue weighted by molar-refractivity contribution is 5.22. The first kappa shape index (κ1) is 8.80. The molecule has 0 N–H and O–H groups in total. The van der Waals surface area contributed by atoms with E-state index in [-0.39, 0.29) is 0 Å². The van der Waals surface area contributed by atoms with Crippen molar-refractivity contribution in [2.24, 2.45) is 5.92 Å². The van der Waals surface area contributed by atoms with Crippen LogP contribution in [0.25, 0.3) is 0 Å². The van der Waals surface area contributed by atoms with E-state index in [1.807, 2.05) is 0 Å². The molecule has 0 amide bonds. The summed E-state index contributed by atoms with van der Waals surface area (Å²) >= 11 is 0. The van der Waals surface area contributed by atoms with Crippen molar-refractivity contribution >= 4 is 0 Å². The van der Waals surface area contributed by atoms with Crippen LogP contribution in [0.3, 0.4) is 0 Å². The zero-order valence-corrected chi connectivity index (χ0v) is 8.08. The van der Waals surface area contributed by atoms with Crippen LogP contribution < -0.4 is 0 Å². The van der Waals surface area contributed by atoms with Gasteiger partial charge in [-0.15, -0.1) is 0 Å². The molecule has 0 atom stereocenters. The van der Waals surface area contributed by atoms with Crippen LogP contribution in [-0.4, -0.2) is 0 Å². The topological polar surface area (TPSA) is 0 Å². The number of rotatable bonds is 4. The van der Waals surface area contributed by atoms with Gasteiger partial charge in [-0.1, -0.05) is 49.6 Å². The third kappa shape index (κ3) is 2.58. The Balaban J connectivity index is 1.67. The van der Waals surface area contributed by atoms with Gasteiger partial charge in [-0.3, -0.25) is 0 Å². The van der Waals surface area contributed by atoms with Gasteiger partial charge in [0.1, 0.15) is 0 Å². The van der Waals surface area contributed by atoms with Crippen molar-refractivity contribution in [1.82, 2.24) is 0 Å². The fourth-order valence-corrected chi connectivity index (χ4v) is 1.86. The van der Waals surface area contributed by atoms with Crippen molar-refractivity contribution in [3.05, 3.63) is 42.3 Å². The average Bonchev–Trinajstić information content (AvgIpc) is 2.11. The number of hydrogen-bond donors (Lipinski definition) is 0. The minimum absolute atomic E-state index is 1.04. The molecule has 1 fully saturated rings. The molecule has 0 nitrogen and oxygen atoms in total. The van der Waals surface area contributed by atoms with Crippen molar-refractivity contribution in [1.29, 1.82) is 0 Å². The van der Waals surface area contributed by atoms with Gasteiger partial charge >= 0.3 is 0 Å². The van der Waals surface area contributed by atoms with E-state index in [0.717, 1.165) is 5.92 Å². The van der Waals surface area contributed by atoms with Gasteiger partial charge in [0, 0.05) is 0 Å². The summed E-state index contributed by atoms with van der Waals surface area (Å²) < 4.78 is 0. The van der Waals surface area contributed by atoms with Gasteiger partial charge in [-0.25, -0.2) is 0 Å². The zero-order valence-electron chi connectivity index (χ0n) is 8.08. The van der Waals surface area contributed by atoms with Crippen LogP contribution in [0.4, 0.5) is 0 Å². The lowest BCUT2D eigenvalue weighted by molar-refractivity contribution is 0.296. The second-order valence-electron chi connectivity index (χ2n) is 3.99. The highest BCUT2D eigenvalue weighted by atomic mass is 14.2. The van der Waals surface area contributed by atoms with E-state index in [1.54, 1.807) is 0 Å². The minimum Gasteiger partial charge on any atom is -0.0622 e. The van der Waals surface area contributed by atoms with E-state index < -0.39 is 0 Å². The van der Waals surface area contributed by atoms with Gasteiger partial charge in [0.25, 0.3) is 0 Å². The molecule has 0 spiro atoms. The van der Waals surface area contributed by atoms with Gasteiger partial charge in [0.15, 0.2) is 0 Å². The van der Waals surface area contributed by atoms with Crippen molar-refractivity contribution < 1.29 is 0 Å². The van der Waals surface area contributed by atoms with Crippen molar-refractivity contribution in [3.8, 4) is 0 Å². The molecule has 0 unspecified atom stereocenters. The molecule has 0 bridgehead atoms. The van der Waals surface area contributed by atoms with Gasteiger partial charge in [0.05, 0.1) is 0 Å². The molecule has 0 heteroatoms. The van der Waals surface area contributed by atoms with Crippen LogP contribution >= 0.6 is 0 Å². The highest BCUT2D eigenvalue weighted by Crippen LogP contribution is 2.31. The van der Waals surface area contributed by atoms with Crippen LogP contribution in [0, 0.1) is 12.3 Å². The number of benzene rings is 1. The SMILES string of the molecule is [CH](CCC1CCC1)c1ccccc1. The van der Waals surface area contributed by atoms with Crippen LogP contribution in [0.2, 0.25) is 0 Å². The molecule has 13 heavy (non-hydrogen) atoms. The molecular formula is C13H17. The largest absolute Gasteiger partial charge is 0.0622 e. The second kappa shape index (κ2) is 4.45. The second-order valence-corrected chi connectivity index (χ2v) is 3.99. The van der Waals surface area contributed by atoms with Crippen molar-refractivity contribution in [3.63, 3.8) is 0 Å². The molecule has 69 valence electrons. The molecule has 1 aromatic carbocycles. The summed E-state index contributed by atoms with van der Waals surface area (Å²) in [4.78, 5) is 0. The van der Waals surface area contributed by atoms with E-state index in [4.69, 9.17) is 0 Å². The lowest BCUT2D eigenvalue weighted by atomic mass is 9.81. The minimum atomic E-state index is 1.04. The number of hydrogen-bond acceptors (Lipinski definition) is 0. The standard InChI is InChI=1S/C13H17/c1-2-6-12(7-3-1)8-4-9-13-10-5-11-13/h1-3,6-8,13H,4-5,9-11H2. The Bertz CT molecular complexity index is 233. The molecule has 1 radical (unpaired) electrons. The summed E-state index contributed by atoms with van der Waals surface area (Å²) in [6.07, 6.45) is 9.43. The maximum atomic E-state index is 2.36.